The second-order valence-electron chi connectivity index (χ2n) is 6.47. The molecule has 0 bridgehead atoms. The van der Waals surface area contributed by atoms with Gasteiger partial charge in [-0.3, -0.25) is 0 Å². The number of methoxy groups -OCH3 is 1. The van der Waals surface area contributed by atoms with Crippen molar-refractivity contribution in [3.05, 3.63) is 41.5 Å². The van der Waals surface area contributed by atoms with E-state index in [2.05, 4.69) is 22.8 Å². The van der Waals surface area contributed by atoms with Crippen molar-refractivity contribution >= 4 is 6.03 Å². The first-order valence-electron chi connectivity index (χ1n) is 8.43. The summed E-state index contributed by atoms with van der Waals surface area (Å²) in [6.45, 7) is 6.61. The largest absolute Gasteiger partial charge is 0.497 e. The number of nitrogens with one attached hydrogen (secondary N) is 2. The van der Waals surface area contributed by atoms with Gasteiger partial charge in [0.2, 0.25) is 0 Å². The molecule has 2 rings (SSSR count). The van der Waals surface area contributed by atoms with E-state index >= 15 is 0 Å². The highest BCUT2D eigenvalue weighted by molar-refractivity contribution is 5.74. The first kappa shape index (κ1) is 18.3. The standard InChI is InChI=1S/C19H28N2O3/c1-15(2)8-11-20-18(22)21-14-19(9-12-24-13-10-19)16-4-6-17(23-3)7-5-16/h4-8H,9-14H2,1-3H3,(H2,20,21,22). The van der Waals surface area contributed by atoms with Gasteiger partial charge >= 0.3 is 6.03 Å². The van der Waals surface area contributed by atoms with E-state index in [1.807, 2.05) is 32.1 Å². The summed E-state index contributed by atoms with van der Waals surface area (Å²) in [6.07, 6.45) is 3.79. The summed E-state index contributed by atoms with van der Waals surface area (Å²) in [6, 6.07) is 8.00. The van der Waals surface area contributed by atoms with E-state index < -0.39 is 0 Å². The molecule has 2 amide bonds. The molecule has 2 N–H and O–H groups in total. The molecule has 5 nitrogen and oxygen atoms in total. The fraction of sp³-hybridized carbons (Fsp3) is 0.526. The maximum Gasteiger partial charge on any atom is 0.315 e. The highest BCUT2D eigenvalue weighted by atomic mass is 16.5. The van der Waals surface area contributed by atoms with Crippen LogP contribution in [0.2, 0.25) is 0 Å². The molecule has 24 heavy (non-hydrogen) atoms. The van der Waals surface area contributed by atoms with E-state index in [9.17, 15) is 4.79 Å². The topological polar surface area (TPSA) is 59.6 Å². The van der Waals surface area contributed by atoms with E-state index in [4.69, 9.17) is 9.47 Å². The number of carbonyl (C=O) groups is 1. The lowest BCUT2D eigenvalue weighted by Crippen LogP contribution is -2.47. The second kappa shape index (κ2) is 8.73. The number of allylic oxidation sites excluding steroid dienone is 1. The molecule has 0 unspecified atom stereocenters. The lowest BCUT2D eigenvalue weighted by Gasteiger charge is -2.38. The molecule has 0 atom stereocenters. The average Bonchev–Trinajstić information content (AvgIpc) is 2.60. The molecule has 5 heteroatoms. The predicted molar refractivity (Wildman–Crippen MR) is 95.6 cm³/mol. The van der Waals surface area contributed by atoms with Crippen molar-refractivity contribution in [3.8, 4) is 5.75 Å². The van der Waals surface area contributed by atoms with Crippen molar-refractivity contribution in [2.24, 2.45) is 0 Å². The number of benzene rings is 1. The minimum absolute atomic E-state index is 0.0849. The molecule has 1 aliphatic rings. The zero-order valence-electron chi connectivity index (χ0n) is 14.9. The first-order chi connectivity index (χ1) is 11.6. The molecule has 0 aliphatic carbocycles. The zero-order valence-corrected chi connectivity index (χ0v) is 14.9. The predicted octanol–water partition coefficient (Wildman–Crippen LogP) is 3.01. The van der Waals surface area contributed by atoms with E-state index in [1.54, 1.807) is 7.11 Å². The fourth-order valence-electron chi connectivity index (χ4n) is 2.93. The Morgan fingerprint density at radius 3 is 2.46 bits per heavy atom. The van der Waals surface area contributed by atoms with Gasteiger partial charge in [-0.2, -0.15) is 0 Å². The molecule has 0 radical (unpaired) electrons. The summed E-state index contributed by atoms with van der Waals surface area (Å²) < 4.78 is 10.8. The lowest BCUT2D eigenvalue weighted by atomic mass is 9.74. The Morgan fingerprint density at radius 1 is 1.21 bits per heavy atom. The van der Waals surface area contributed by atoms with Crippen LogP contribution in [0.25, 0.3) is 0 Å². The zero-order chi connectivity index (χ0) is 17.4. The summed E-state index contributed by atoms with van der Waals surface area (Å²) in [5.41, 5.74) is 2.32. The van der Waals surface area contributed by atoms with Gasteiger partial charge in [-0.1, -0.05) is 23.8 Å². The highest BCUT2D eigenvalue weighted by Crippen LogP contribution is 2.35. The Kier molecular flexibility index (Phi) is 6.67. The average molecular weight is 332 g/mol. The monoisotopic (exact) mass is 332 g/mol. The van der Waals surface area contributed by atoms with Crippen LogP contribution in [0.5, 0.6) is 5.75 Å². The van der Waals surface area contributed by atoms with Gasteiger partial charge in [0, 0.05) is 31.7 Å². The molecule has 1 aromatic rings. The highest BCUT2D eigenvalue weighted by Gasteiger charge is 2.34. The van der Waals surface area contributed by atoms with Crippen LogP contribution in [-0.2, 0) is 10.2 Å². The van der Waals surface area contributed by atoms with Gasteiger partial charge < -0.3 is 20.1 Å². The van der Waals surface area contributed by atoms with Crippen LogP contribution >= 0.6 is 0 Å². The molecular weight excluding hydrogens is 304 g/mol. The first-order valence-corrected chi connectivity index (χ1v) is 8.43. The van der Waals surface area contributed by atoms with Crippen LogP contribution < -0.4 is 15.4 Å². The molecule has 1 aliphatic heterocycles. The number of ether oxygens (including phenoxy) is 2. The van der Waals surface area contributed by atoms with Crippen molar-refractivity contribution in [1.29, 1.82) is 0 Å². The van der Waals surface area contributed by atoms with E-state index in [0.29, 0.717) is 26.3 Å². The quantitative estimate of drug-likeness (QED) is 0.787. The minimum Gasteiger partial charge on any atom is -0.497 e. The summed E-state index contributed by atoms with van der Waals surface area (Å²) in [5, 5.41) is 5.89. The van der Waals surface area contributed by atoms with Gasteiger partial charge in [0.1, 0.15) is 5.75 Å². The number of carbonyl (C=O) groups excluding carboxylic acids is 1. The van der Waals surface area contributed by atoms with Crippen molar-refractivity contribution in [2.45, 2.75) is 32.1 Å². The van der Waals surface area contributed by atoms with Gasteiger partial charge in [0.15, 0.2) is 0 Å². The van der Waals surface area contributed by atoms with Gasteiger partial charge in [-0.15, -0.1) is 0 Å². The molecule has 0 aromatic heterocycles. The Morgan fingerprint density at radius 2 is 1.88 bits per heavy atom. The Labute approximate surface area is 144 Å². The molecule has 0 spiro atoms. The summed E-state index contributed by atoms with van der Waals surface area (Å²) in [5.74, 6) is 0.841. The summed E-state index contributed by atoms with van der Waals surface area (Å²) in [4.78, 5) is 12.0. The minimum atomic E-state index is -0.133. The van der Waals surface area contributed by atoms with Gasteiger partial charge in [0.25, 0.3) is 0 Å². The molecule has 0 saturated carbocycles. The van der Waals surface area contributed by atoms with Crippen molar-refractivity contribution in [2.75, 3.05) is 33.4 Å². The van der Waals surface area contributed by atoms with Crippen LogP contribution in [0.1, 0.15) is 32.3 Å². The van der Waals surface area contributed by atoms with Crippen molar-refractivity contribution < 1.29 is 14.3 Å². The molecule has 1 saturated heterocycles. The Balaban J connectivity index is 2.02. The maximum atomic E-state index is 12.0. The van der Waals surface area contributed by atoms with Crippen LogP contribution in [-0.4, -0.2) is 39.4 Å². The van der Waals surface area contributed by atoms with E-state index in [-0.39, 0.29) is 11.4 Å². The molecule has 1 fully saturated rings. The SMILES string of the molecule is COc1ccc(C2(CNC(=O)NCC=C(C)C)CCOCC2)cc1. The third kappa shape index (κ3) is 4.99. The van der Waals surface area contributed by atoms with Gasteiger partial charge in [0.05, 0.1) is 7.11 Å². The molecule has 132 valence electrons. The van der Waals surface area contributed by atoms with Crippen molar-refractivity contribution in [3.63, 3.8) is 0 Å². The van der Waals surface area contributed by atoms with Crippen LogP contribution in [0.3, 0.4) is 0 Å². The summed E-state index contributed by atoms with van der Waals surface area (Å²) in [7, 11) is 1.66. The molecule has 1 heterocycles. The summed E-state index contributed by atoms with van der Waals surface area (Å²) >= 11 is 0. The Hall–Kier alpha value is -2.01. The Bertz CT molecular complexity index is 556. The van der Waals surface area contributed by atoms with Crippen LogP contribution in [0.4, 0.5) is 4.79 Å². The normalized spacial score (nSPS) is 16.1. The van der Waals surface area contributed by atoms with Gasteiger partial charge in [-0.25, -0.2) is 4.79 Å². The smallest absolute Gasteiger partial charge is 0.315 e. The number of hydrogen-bond donors (Lipinski definition) is 2. The van der Waals surface area contributed by atoms with Crippen LogP contribution in [0.15, 0.2) is 35.9 Å². The number of urea groups is 1. The van der Waals surface area contributed by atoms with E-state index in [1.165, 1.54) is 11.1 Å². The van der Waals surface area contributed by atoms with Gasteiger partial charge in [-0.05, 0) is 44.4 Å². The second-order valence-corrected chi connectivity index (χ2v) is 6.47. The maximum absolute atomic E-state index is 12.0. The fourth-order valence-corrected chi connectivity index (χ4v) is 2.93. The van der Waals surface area contributed by atoms with Crippen LogP contribution in [0, 0.1) is 0 Å². The number of rotatable bonds is 6. The molecule has 1 aromatic carbocycles. The lowest BCUT2D eigenvalue weighted by molar-refractivity contribution is 0.0507. The third-order valence-corrected chi connectivity index (χ3v) is 4.51. The van der Waals surface area contributed by atoms with Crippen molar-refractivity contribution in [1.82, 2.24) is 10.6 Å². The molecular formula is C19H28N2O3. The number of amides is 2. The third-order valence-electron chi connectivity index (χ3n) is 4.51. The number of hydrogen-bond acceptors (Lipinski definition) is 3. The van der Waals surface area contributed by atoms with E-state index in [0.717, 1.165) is 18.6 Å².